The molecule has 1 rings (SSSR count). The molecule has 0 aliphatic rings. The van der Waals surface area contributed by atoms with Crippen molar-refractivity contribution in [1.82, 2.24) is 15.2 Å². The first-order valence-corrected chi connectivity index (χ1v) is 6.68. The van der Waals surface area contributed by atoms with Crippen LogP contribution in [0, 0.1) is 5.92 Å². The Kier molecular flexibility index (Phi) is 5.92. The van der Waals surface area contributed by atoms with Gasteiger partial charge in [-0.25, -0.2) is 0 Å². The van der Waals surface area contributed by atoms with Crippen LogP contribution >= 0.6 is 0 Å². The van der Waals surface area contributed by atoms with E-state index in [1.54, 1.807) is 7.05 Å². The Morgan fingerprint density at radius 2 is 2.17 bits per heavy atom. The SMILES string of the molecule is CCCNC(c1ccn(CC(=O)NC)c1)C(C)C. The minimum Gasteiger partial charge on any atom is -0.358 e. The van der Waals surface area contributed by atoms with Crippen molar-refractivity contribution in [1.29, 1.82) is 0 Å². The first-order valence-electron chi connectivity index (χ1n) is 6.68. The highest BCUT2D eigenvalue weighted by atomic mass is 16.1. The molecule has 0 bridgehead atoms. The number of hydrogen-bond donors (Lipinski definition) is 2. The van der Waals surface area contributed by atoms with Gasteiger partial charge < -0.3 is 15.2 Å². The smallest absolute Gasteiger partial charge is 0.239 e. The summed E-state index contributed by atoms with van der Waals surface area (Å²) in [6.07, 6.45) is 5.15. The zero-order chi connectivity index (χ0) is 13.5. The van der Waals surface area contributed by atoms with Gasteiger partial charge in [-0.05, 0) is 30.5 Å². The summed E-state index contributed by atoms with van der Waals surface area (Å²) < 4.78 is 1.93. The number of hydrogen-bond acceptors (Lipinski definition) is 2. The summed E-state index contributed by atoms with van der Waals surface area (Å²) in [5.74, 6) is 0.562. The van der Waals surface area contributed by atoms with Crippen LogP contribution in [0.4, 0.5) is 0 Å². The average molecular weight is 251 g/mol. The number of rotatable bonds is 7. The highest BCUT2D eigenvalue weighted by molar-refractivity contribution is 5.75. The molecule has 0 saturated heterocycles. The fourth-order valence-corrected chi connectivity index (χ4v) is 2.02. The van der Waals surface area contributed by atoms with Crippen LogP contribution in [-0.4, -0.2) is 24.1 Å². The van der Waals surface area contributed by atoms with Gasteiger partial charge in [0, 0.05) is 25.5 Å². The van der Waals surface area contributed by atoms with Crippen LogP contribution in [0.25, 0.3) is 0 Å². The molecule has 0 aliphatic carbocycles. The second kappa shape index (κ2) is 7.21. The Bertz CT molecular complexity index is 371. The van der Waals surface area contributed by atoms with Crippen molar-refractivity contribution in [2.75, 3.05) is 13.6 Å². The van der Waals surface area contributed by atoms with Gasteiger partial charge in [-0.2, -0.15) is 0 Å². The first-order chi connectivity index (χ1) is 8.58. The molecule has 0 fully saturated rings. The highest BCUT2D eigenvalue weighted by Gasteiger charge is 2.16. The van der Waals surface area contributed by atoms with Crippen LogP contribution in [0.2, 0.25) is 0 Å². The Labute approximate surface area is 110 Å². The molecule has 1 aromatic rings. The molecule has 0 spiro atoms. The van der Waals surface area contributed by atoms with Gasteiger partial charge >= 0.3 is 0 Å². The summed E-state index contributed by atoms with van der Waals surface area (Å²) >= 11 is 0. The number of nitrogens with zero attached hydrogens (tertiary/aromatic N) is 1. The average Bonchev–Trinajstić information content (AvgIpc) is 2.77. The van der Waals surface area contributed by atoms with Crippen LogP contribution < -0.4 is 10.6 Å². The second-order valence-corrected chi connectivity index (χ2v) is 4.97. The lowest BCUT2D eigenvalue weighted by atomic mass is 9.98. The van der Waals surface area contributed by atoms with Crippen molar-refractivity contribution < 1.29 is 4.79 Å². The van der Waals surface area contributed by atoms with E-state index in [0.717, 1.165) is 13.0 Å². The van der Waals surface area contributed by atoms with Crippen molar-refractivity contribution in [3.63, 3.8) is 0 Å². The Morgan fingerprint density at radius 3 is 2.72 bits per heavy atom. The third-order valence-electron chi connectivity index (χ3n) is 3.02. The standard InChI is InChI=1S/C14H25N3O/c1-5-7-16-14(11(2)3)12-6-8-17(9-12)10-13(18)15-4/h6,8-9,11,14,16H,5,7,10H2,1-4H3,(H,15,18). The lowest BCUT2D eigenvalue weighted by molar-refractivity contribution is -0.121. The fraction of sp³-hybridized carbons (Fsp3) is 0.643. The predicted octanol–water partition coefficient (Wildman–Crippen LogP) is 1.93. The van der Waals surface area contributed by atoms with Crippen LogP contribution in [0.3, 0.4) is 0 Å². The van der Waals surface area contributed by atoms with E-state index < -0.39 is 0 Å². The minimum atomic E-state index is 0.0276. The van der Waals surface area contributed by atoms with Gasteiger partial charge in [-0.15, -0.1) is 0 Å². The lowest BCUT2D eigenvalue weighted by Gasteiger charge is -2.21. The van der Waals surface area contributed by atoms with E-state index in [9.17, 15) is 4.79 Å². The predicted molar refractivity (Wildman–Crippen MR) is 74.4 cm³/mol. The van der Waals surface area contributed by atoms with Crippen LogP contribution in [0.5, 0.6) is 0 Å². The molecule has 4 heteroatoms. The number of carbonyl (C=O) groups is 1. The number of nitrogens with one attached hydrogen (secondary N) is 2. The molecular weight excluding hydrogens is 226 g/mol. The Balaban J connectivity index is 2.71. The van der Waals surface area contributed by atoms with E-state index in [0.29, 0.717) is 18.5 Å². The topological polar surface area (TPSA) is 46.1 Å². The maximum absolute atomic E-state index is 11.3. The highest BCUT2D eigenvalue weighted by Crippen LogP contribution is 2.21. The third kappa shape index (κ3) is 4.18. The van der Waals surface area contributed by atoms with E-state index in [-0.39, 0.29) is 5.91 Å². The largest absolute Gasteiger partial charge is 0.358 e. The number of likely N-dealkylation sites (N-methyl/N-ethyl adjacent to an activating group) is 1. The summed E-state index contributed by atoms with van der Waals surface area (Å²) in [6, 6.07) is 2.45. The van der Waals surface area contributed by atoms with Gasteiger partial charge in [-0.3, -0.25) is 4.79 Å². The van der Waals surface area contributed by atoms with Gasteiger partial charge in [-0.1, -0.05) is 20.8 Å². The maximum atomic E-state index is 11.3. The first kappa shape index (κ1) is 14.8. The maximum Gasteiger partial charge on any atom is 0.239 e. The Morgan fingerprint density at radius 1 is 1.44 bits per heavy atom. The van der Waals surface area contributed by atoms with E-state index in [2.05, 4.69) is 43.7 Å². The van der Waals surface area contributed by atoms with Crippen molar-refractivity contribution in [2.45, 2.75) is 39.8 Å². The number of amides is 1. The third-order valence-corrected chi connectivity index (χ3v) is 3.02. The molecule has 4 nitrogen and oxygen atoms in total. The molecule has 0 aromatic carbocycles. The van der Waals surface area contributed by atoms with E-state index in [4.69, 9.17) is 0 Å². The fourth-order valence-electron chi connectivity index (χ4n) is 2.02. The van der Waals surface area contributed by atoms with Crippen molar-refractivity contribution in [2.24, 2.45) is 5.92 Å². The molecule has 18 heavy (non-hydrogen) atoms. The molecule has 102 valence electrons. The molecule has 1 aromatic heterocycles. The molecule has 1 unspecified atom stereocenters. The van der Waals surface area contributed by atoms with Crippen LogP contribution in [-0.2, 0) is 11.3 Å². The van der Waals surface area contributed by atoms with Gasteiger partial charge in [0.2, 0.25) is 5.91 Å². The molecule has 1 amide bonds. The number of carbonyl (C=O) groups excluding carboxylic acids is 1. The van der Waals surface area contributed by atoms with Gasteiger partial charge in [0.15, 0.2) is 0 Å². The summed E-state index contributed by atoms with van der Waals surface area (Å²) in [5.41, 5.74) is 1.25. The van der Waals surface area contributed by atoms with Crippen molar-refractivity contribution >= 4 is 5.91 Å². The molecule has 1 heterocycles. The lowest BCUT2D eigenvalue weighted by Crippen LogP contribution is -2.26. The second-order valence-electron chi connectivity index (χ2n) is 4.97. The number of aromatic nitrogens is 1. The van der Waals surface area contributed by atoms with Gasteiger partial charge in [0.25, 0.3) is 0 Å². The van der Waals surface area contributed by atoms with Crippen molar-refractivity contribution in [3.05, 3.63) is 24.0 Å². The summed E-state index contributed by atoms with van der Waals surface area (Å²) in [5, 5.41) is 6.19. The Hall–Kier alpha value is -1.29. The van der Waals surface area contributed by atoms with Gasteiger partial charge in [0.05, 0.1) is 0 Å². The molecule has 2 N–H and O–H groups in total. The normalized spacial score (nSPS) is 12.7. The summed E-state index contributed by atoms with van der Waals surface area (Å²) in [7, 11) is 1.66. The van der Waals surface area contributed by atoms with Crippen LogP contribution in [0.15, 0.2) is 18.5 Å². The molecule has 0 saturated carbocycles. The summed E-state index contributed by atoms with van der Waals surface area (Å²) in [6.45, 7) is 7.99. The minimum absolute atomic E-state index is 0.0276. The van der Waals surface area contributed by atoms with Crippen molar-refractivity contribution in [3.8, 4) is 0 Å². The quantitative estimate of drug-likeness (QED) is 0.778. The summed E-state index contributed by atoms with van der Waals surface area (Å²) in [4.78, 5) is 11.3. The van der Waals surface area contributed by atoms with E-state index in [1.807, 2.05) is 10.8 Å². The zero-order valence-corrected chi connectivity index (χ0v) is 11.9. The molecule has 0 aliphatic heterocycles. The molecule has 0 radical (unpaired) electrons. The zero-order valence-electron chi connectivity index (χ0n) is 11.9. The van der Waals surface area contributed by atoms with E-state index >= 15 is 0 Å². The van der Waals surface area contributed by atoms with Gasteiger partial charge in [0.1, 0.15) is 6.54 Å². The van der Waals surface area contributed by atoms with Crippen LogP contribution in [0.1, 0.15) is 38.8 Å². The van der Waals surface area contributed by atoms with E-state index in [1.165, 1.54) is 5.56 Å². The molecular formula is C14H25N3O. The monoisotopic (exact) mass is 251 g/mol. The molecule has 1 atom stereocenters.